The first-order chi connectivity index (χ1) is 12.7. The van der Waals surface area contributed by atoms with E-state index in [-0.39, 0.29) is 15.8 Å². The Morgan fingerprint density at radius 1 is 1.15 bits per heavy atom. The number of carbonyl (C=O) groups excluding carboxylic acids is 1. The molecule has 1 aromatic heterocycles. The smallest absolute Gasteiger partial charge is 0.241 e. The van der Waals surface area contributed by atoms with Gasteiger partial charge in [-0.3, -0.25) is 4.79 Å². The zero-order valence-electron chi connectivity index (χ0n) is 14.1. The Balaban J connectivity index is 1.74. The second-order valence-corrected chi connectivity index (χ2v) is 9.32. The highest BCUT2D eigenvalue weighted by molar-refractivity contribution is 7.92. The van der Waals surface area contributed by atoms with E-state index in [1.165, 1.54) is 47.7 Å². The van der Waals surface area contributed by atoms with Gasteiger partial charge in [-0.2, -0.15) is 0 Å². The van der Waals surface area contributed by atoms with Crippen molar-refractivity contribution in [1.29, 1.82) is 0 Å². The van der Waals surface area contributed by atoms with E-state index in [1.807, 2.05) is 6.92 Å². The molecule has 1 amide bonds. The summed E-state index contributed by atoms with van der Waals surface area (Å²) >= 11 is 6.97. The SMILES string of the molecule is Cc1sc(NC(=O)CS(=O)(=O)c2ccc(Cl)cc2)nc1-c1ccc(F)cc1. The van der Waals surface area contributed by atoms with Gasteiger partial charge in [0, 0.05) is 15.5 Å². The number of amides is 1. The van der Waals surface area contributed by atoms with E-state index in [4.69, 9.17) is 11.6 Å². The van der Waals surface area contributed by atoms with Gasteiger partial charge in [0.25, 0.3) is 0 Å². The fourth-order valence-corrected chi connectivity index (χ4v) is 4.49. The van der Waals surface area contributed by atoms with Gasteiger partial charge in [0.1, 0.15) is 11.6 Å². The van der Waals surface area contributed by atoms with Crippen LogP contribution in [0.2, 0.25) is 5.02 Å². The lowest BCUT2D eigenvalue weighted by atomic mass is 10.1. The number of halogens is 2. The van der Waals surface area contributed by atoms with E-state index < -0.39 is 21.5 Å². The molecule has 0 fully saturated rings. The van der Waals surface area contributed by atoms with Crippen molar-refractivity contribution in [2.24, 2.45) is 0 Å². The van der Waals surface area contributed by atoms with E-state index in [0.29, 0.717) is 16.3 Å². The van der Waals surface area contributed by atoms with Crippen LogP contribution in [0.3, 0.4) is 0 Å². The van der Waals surface area contributed by atoms with Gasteiger partial charge in [-0.05, 0) is 55.5 Å². The Hall–Kier alpha value is -2.29. The summed E-state index contributed by atoms with van der Waals surface area (Å²) in [5.74, 6) is -1.75. The summed E-state index contributed by atoms with van der Waals surface area (Å²) in [5.41, 5.74) is 1.32. The van der Waals surface area contributed by atoms with E-state index in [1.54, 1.807) is 12.1 Å². The maximum atomic E-state index is 13.1. The molecule has 0 unspecified atom stereocenters. The Labute approximate surface area is 164 Å². The second kappa shape index (κ2) is 7.75. The van der Waals surface area contributed by atoms with Crippen LogP contribution >= 0.6 is 22.9 Å². The molecule has 27 heavy (non-hydrogen) atoms. The predicted molar refractivity (Wildman–Crippen MR) is 104 cm³/mol. The van der Waals surface area contributed by atoms with Crippen molar-refractivity contribution in [2.75, 3.05) is 11.1 Å². The molecule has 1 heterocycles. The number of hydrogen-bond donors (Lipinski definition) is 1. The van der Waals surface area contributed by atoms with Crippen molar-refractivity contribution in [3.05, 3.63) is 64.2 Å². The molecule has 3 aromatic rings. The van der Waals surface area contributed by atoms with Crippen molar-refractivity contribution in [2.45, 2.75) is 11.8 Å². The number of hydrogen-bond acceptors (Lipinski definition) is 5. The molecule has 0 saturated heterocycles. The highest BCUT2D eigenvalue weighted by Crippen LogP contribution is 2.30. The first kappa shape index (κ1) is 19.5. The highest BCUT2D eigenvalue weighted by Gasteiger charge is 2.21. The third kappa shape index (κ3) is 4.71. The number of sulfone groups is 1. The van der Waals surface area contributed by atoms with Crippen LogP contribution in [0.1, 0.15) is 4.88 Å². The fraction of sp³-hybridized carbons (Fsp3) is 0.111. The van der Waals surface area contributed by atoms with Crippen molar-refractivity contribution >= 4 is 43.8 Å². The van der Waals surface area contributed by atoms with Crippen molar-refractivity contribution < 1.29 is 17.6 Å². The number of nitrogens with one attached hydrogen (secondary N) is 1. The Bertz CT molecular complexity index is 1080. The van der Waals surface area contributed by atoms with Crippen molar-refractivity contribution in [3.8, 4) is 11.3 Å². The summed E-state index contributed by atoms with van der Waals surface area (Å²) in [6.07, 6.45) is 0. The van der Waals surface area contributed by atoms with Crippen LogP contribution < -0.4 is 5.32 Å². The predicted octanol–water partition coefficient (Wildman–Crippen LogP) is 4.32. The molecule has 3 rings (SSSR count). The molecular weight excluding hydrogens is 411 g/mol. The minimum atomic E-state index is -3.79. The van der Waals surface area contributed by atoms with Crippen molar-refractivity contribution in [3.63, 3.8) is 0 Å². The summed E-state index contributed by atoms with van der Waals surface area (Å²) in [5, 5.41) is 3.20. The molecule has 0 saturated carbocycles. The van der Waals surface area contributed by atoms with Crippen LogP contribution in [0, 0.1) is 12.7 Å². The van der Waals surface area contributed by atoms with Gasteiger partial charge in [-0.1, -0.05) is 11.6 Å². The van der Waals surface area contributed by atoms with E-state index in [9.17, 15) is 17.6 Å². The number of aromatic nitrogens is 1. The lowest BCUT2D eigenvalue weighted by Gasteiger charge is -2.04. The molecule has 9 heteroatoms. The average molecular weight is 425 g/mol. The quantitative estimate of drug-likeness (QED) is 0.661. The van der Waals surface area contributed by atoms with Gasteiger partial charge in [0.15, 0.2) is 15.0 Å². The number of nitrogens with zero attached hydrogens (tertiary/aromatic N) is 1. The minimum absolute atomic E-state index is 0.0179. The second-order valence-electron chi connectivity index (χ2n) is 5.69. The Morgan fingerprint density at radius 3 is 2.41 bits per heavy atom. The Morgan fingerprint density at radius 2 is 1.78 bits per heavy atom. The normalized spacial score (nSPS) is 11.4. The molecule has 5 nitrogen and oxygen atoms in total. The van der Waals surface area contributed by atoms with E-state index in [0.717, 1.165) is 4.88 Å². The number of aryl methyl sites for hydroxylation is 1. The summed E-state index contributed by atoms with van der Waals surface area (Å²) in [6.45, 7) is 1.82. The van der Waals surface area contributed by atoms with Crippen molar-refractivity contribution in [1.82, 2.24) is 4.98 Å². The van der Waals surface area contributed by atoms with Gasteiger partial charge in [0.05, 0.1) is 10.6 Å². The van der Waals surface area contributed by atoms with Crippen LogP contribution in [-0.4, -0.2) is 25.1 Å². The minimum Gasteiger partial charge on any atom is -0.301 e. The maximum absolute atomic E-state index is 13.1. The molecule has 0 radical (unpaired) electrons. The van der Waals surface area contributed by atoms with Gasteiger partial charge in [0.2, 0.25) is 5.91 Å². The molecule has 2 aromatic carbocycles. The lowest BCUT2D eigenvalue weighted by Crippen LogP contribution is -2.22. The summed E-state index contributed by atoms with van der Waals surface area (Å²) in [7, 11) is -3.79. The summed E-state index contributed by atoms with van der Waals surface area (Å²) < 4.78 is 37.7. The zero-order chi connectivity index (χ0) is 19.6. The average Bonchev–Trinajstić information content (AvgIpc) is 2.95. The highest BCUT2D eigenvalue weighted by atomic mass is 35.5. The molecule has 0 aliphatic rings. The third-order valence-corrected chi connectivity index (χ3v) is 6.43. The number of anilines is 1. The summed E-state index contributed by atoms with van der Waals surface area (Å²) in [4.78, 5) is 17.3. The number of thiazole rings is 1. The van der Waals surface area contributed by atoms with Gasteiger partial charge < -0.3 is 5.32 Å². The van der Waals surface area contributed by atoms with E-state index >= 15 is 0 Å². The molecule has 140 valence electrons. The molecule has 0 bridgehead atoms. The molecule has 0 aliphatic heterocycles. The first-order valence-electron chi connectivity index (χ1n) is 7.76. The monoisotopic (exact) mass is 424 g/mol. The molecule has 0 atom stereocenters. The van der Waals surface area contributed by atoms with Crippen LogP contribution in [-0.2, 0) is 14.6 Å². The van der Waals surface area contributed by atoms with Gasteiger partial charge in [-0.15, -0.1) is 11.3 Å². The first-order valence-corrected chi connectivity index (χ1v) is 10.6. The Kier molecular flexibility index (Phi) is 5.59. The van der Waals surface area contributed by atoms with Crippen LogP contribution in [0.5, 0.6) is 0 Å². The third-order valence-electron chi connectivity index (χ3n) is 3.65. The van der Waals surface area contributed by atoms with Crippen LogP contribution in [0.15, 0.2) is 53.4 Å². The largest absolute Gasteiger partial charge is 0.301 e. The molecular formula is C18H14ClFN2O3S2. The van der Waals surface area contributed by atoms with Gasteiger partial charge in [-0.25, -0.2) is 17.8 Å². The number of rotatable bonds is 5. The van der Waals surface area contributed by atoms with E-state index in [2.05, 4.69) is 10.3 Å². The summed E-state index contributed by atoms with van der Waals surface area (Å²) in [6, 6.07) is 11.4. The van der Waals surface area contributed by atoms with Crippen LogP contribution in [0.25, 0.3) is 11.3 Å². The lowest BCUT2D eigenvalue weighted by molar-refractivity contribution is -0.113. The number of benzene rings is 2. The standard InChI is InChI=1S/C18H14ClFN2O3S2/c1-11-17(12-2-6-14(20)7-3-12)22-18(26-11)21-16(23)10-27(24,25)15-8-4-13(19)5-9-15/h2-9H,10H2,1H3,(H,21,22,23). The van der Waals surface area contributed by atoms with Crippen LogP contribution in [0.4, 0.5) is 9.52 Å². The fourth-order valence-electron chi connectivity index (χ4n) is 2.38. The maximum Gasteiger partial charge on any atom is 0.241 e. The topological polar surface area (TPSA) is 76.1 Å². The molecule has 0 spiro atoms. The number of carbonyl (C=O) groups is 1. The molecule has 0 aliphatic carbocycles. The van der Waals surface area contributed by atoms with Gasteiger partial charge >= 0.3 is 0 Å². The molecule has 1 N–H and O–H groups in total. The zero-order valence-corrected chi connectivity index (χ0v) is 16.5.